The van der Waals surface area contributed by atoms with Crippen molar-refractivity contribution in [1.29, 1.82) is 0 Å². The predicted molar refractivity (Wildman–Crippen MR) is 86.2 cm³/mol. The summed E-state index contributed by atoms with van der Waals surface area (Å²) in [5.41, 5.74) is 3.78. The normalized spacial score (nSPS) is 11.5. The molecule has 2 aromatic rings. The third-order valence-electron chi connectivity index (χ3n) is 2.95. The van der Waals surface area contributed by atoms with Crippen LogP contribution in [0.25, 0.3) is 0 Å². The molecule has 1 atom stereocenters. The number of ether oxygens (including phenoxy) is 1. The van der Waals surface area contributed by atoms with Crippen LogP contribution in [-0.4, -0.2) is 17.9 Å². The van der Waals surface area contributed by atoms with Crippen LogP contribution < -0.4 is 15.6 Å². The summed E-state index contributed by atoms with van der Waals surface area (Å²) in [6.07, 6.45) is -0.905. The maximum absolute atomic E-state index is 13.5. The highest BCUT2D eigenvalue weighted by Crippen LogP contribution is 2.18. The molecule has 5 nitrogen and oxygen atoms in total. The quantitative estimate of drug-likeness (QED) is 0.778. The van der Waals surface area contributed by atoms with Gasteiger partial charge in [-0.2, -0.15) is 0 Å². The van der Waals surface area contributed by atoms with Crippen LogP contribution in [0.1, 0.15) is 17.3 Å². The lowest BCUT2D eigenvalue weighted by molar-refractivity contribution is -0.128. The average molecular weight is 399 g/mol. The third kappa shape index (κ3) is 4.76. The summed E-state index contributed by atoms with van der Waals surface area (Å²) in [5, 5.41) is 0. The summed E-state index contributed by atoms with van der Waals surface area (Å²) in [4.78, 5) is 23.7. The molecule has 0 saturated heterocycles. The SMILES string of the molecule is CC(Oc1cccc(Br)c1)C(=O)NNC(=O)c1ccc(F)cc1F. The summed E-state index contributed by atoms with van der Waals surface area (Å²) < 4.78 is 32.5. The summed E-state index contributed by atoms with van der Waals surface area (Å²) in [6.45, 7) is 1.49. The lowest BCUT2D eigenvalue weighted by Gasteiger charge is -2.15. The molecule has 2 amide bonds. The van der Waals surface area contributed by atoms with Gasteiger partial charge in [0, 0.05) is 10.5 Å². The van der Waals surface area contributed by atoms with Crippen molar-refractivity contribution < 1.29 is 23.1 Å². The molecule has 8 heteroatoms. The number of hydrogen-bond acceptors (Lipinski definition) is 3. The van der Waals surface area contributed by atoms with Gasteiger partial charge in [-0.25, -0.2) is 8.78 Å². The Morgan fingerprint density at radius 2 is 1.88 bits per heavy atom. The van der Waals surface area contributed by atoms with E-state index in [4.69, 9.17) is 4.74 Å². The van der Waals surface area contributed by atoms with Gasteiger partial charge in [0.25, 0.3) is 11.8 Å². The molecule has 0 aliphatic heterocycles. The molecule has 0 bridgehead atoms. The van der Waals surface area contributed by atoms with Crippen LogP contribution in [0.15, 0.2) is 46.9 Å². The van der Waals surface area contributed by atoms with Crippen LogP contribution >= 0.6 is 15.9 Å². The highest BCUT2D eigenvalue weighted by atomic mass is 79.9. The highest BCUT2D eigenvalue weighted by Gasteiger charge is 2.17. The monoisotopic (exact) mass is 398 g/mol. The molecule has 0 radical (unpaired) electrons. The van der Waals surface area contributed by atoms with E-state index in [-0.39, 0.29) is 0 Å². The van der Waals surface area contributed by atoms with Crippen molar-refractivity contribution in [2.45, 2.75) is 13.0 Å². The van der Waals surface area contributed by atoms with E-state index in [9.17, 15) is 18.4 Å². The van der Waals surface area contributed by atoms with E-state index in [1.165, 1.54) is 6.92 Å². The molecular weight excluding hydrogens is 386 g/mol. The van der Waals surface area contributed by atoms with Crippen LogP contribution in [0, 0.1) is 11.6 Å². The number of nitrogens with one attached hydrogen (secondary N) is 2. The molecule has 24 heavy (non-hydrogen) atoms. The molecular formula is C16H13BrF2N2O3. The van der Waals surface area contributed by atoms with Gasteiger partial charge in [0.1, 0.15) is 17.4 Å². The largest absolute Gasteiger partial charge is 0.481 e. The molecule has 0 saturated carbocycles. The Kier molecular flexibility index (Phi) is 5.86. The summed E-state index contributed by atoms with van der Waals surface area (Å²) in [7, 11) is 0. The van der Waals surface area contributed by atoms with Gasteiger partial charge in [0.15, 0.2) is 6.10 Å². The van der Waals surface area contributed by atoms with Crippen molar-refractivity contribution >= 4 is 27.7 Å². The van der Waals surface area contributed by atoms with E-state index in [2.05, 4.69) is 21.4 Å². The number of hydrogen-bond donors (Lipinski definition) is 2. The van der Waals surface area contributed by atoms with Crippen molar-refractivity contribution in [3.8, 4) is 5.75 Å². The fourth-order valence-electron chi connectivity index (χ4n) is 1.76. The summed E-state index contributed by atoms with van der Waals surface area (Å²) >= 11 is 3.28. The number of amides is 2. The third-order valence-corrected chi connectivity index (χ3v) is 3.45. The molecule has 0 fully saturated rings. The molecule has 0 heterocycles. The van der Waals surface area contributed by atoms with Gasteiger partial charge in [0.05, 0.1) is 5.56 Å². The van der Waals surface area contributed by atoms with E-state index >= 15 is 0 Å². The lowest BCUT2D eigenvalue weighted by atomic mass is 10.2. The second kappa shape index (κ2) is 7.87. The van der Waals surface area contributed by atoms with E-state index < -0.39 is 35.1 Å². The first-order valence-corrected chi connectivity index (χ1v) is 7.63. The second-order valence-corrected chi connectivity index (χ2v) is 5.70. The van der Waals surface area contributed by atoms with Gasteiger partial charge < -0.3 is 4.74 Å². The Bertz CT molecular complexity index is 771. The van der Waals surface area contributed by atoms with E-state index in [1.807, 2.05) is 5.43 Å². The fourth-order valence-corrected chi connectivity index (χ4v) is 2.14. The number of hydrazine groups is 1. The first kappa shape index (κ1) is 17.9. The molecule has 1 unspecified atom stereocenters. The molecule has 0 spiro atoms. The fraction of sp³-hybridized carbons (Fsp3) is 0.125. The Morgan fingerprint density at radius 1 is 1.12 bits per heavy atom. The van der Waals surface area contributed by atoms with Gasteiger partial charge in [0.2, 0.25) is 0 Å². The maximum Gasteiger partial charge on any atom is 0.279 e. The van der Waals surface area contributed by atoms with Gasteiger partial charge >= 0.3 is 0 Å². The van der Waals surface area contributed by atoms with E-state index in [0.717, 1.165) is 16.6 Å². The molecule has 126 valence electrons. The van der Waals surface area contributed by atoms with Crippen LogP contribution in [0.3, 0.4) is 0 Å². The minimum absolute atomic E-state index is 0.391. The second-order valence-electron chi connectivity index (χ2n) is 4.78. The molecule has 0 aliphatic carbocycles. The summed E-state index contributed by atoms with van der Waals surface area (Å²) in [5.74, 6) is -2.91. The Hall–Kier alpha value is -2.48. The van der Waals surface area contributed by atoms with Crippen molar-refractivity contribution in [2.24, 2.45) is 0 Å². The number of halogens is 3. The highest BCUT2D eigenvalue weighted by molar-refractivity contribution is 9.10. The van der Waals surface area contributed by atoms with Crippen LogP contribution in [0.4, 0.5) is 8.78 Å². The van der Waals surface area contributed by atoms with Crippen LogP contribution in [0.2, 0.25) is 0 Å². The summed E-state index contributed by atoms with van der Waals surface area (Å²) in [6, 6.07) is 9.39. The van der Waals surface area contributed by atoms with Crippen LogP contribution in [0.5, 0.6) is 5.75 Å². The molecule has 2 aromatic carbocycles. The smallest absolute Gasteiger partial charge is 0.279 e. The zero-order valence-electron chi connectivity index (χ0n) is 12.5. The first-order valence-electron chi connectivity index (χ1n) is 6.84. The van der Waals surface area contributed by atoms with E-state index in [0.29, 0.717) is 11.8 Å². The number of rotatable bonds is 4. The van der Waals surface area contributed by atoms with E-state index in [1.54, 1.807) is 24.3 Å². The first-order chi connectivity index (χ1) is 11.4. The van der Waals surface area contributed by atoms with Crippen molar-refractivity contribution in [2.75, 3.05) is 0 Å². The van der Waals surface area contributed by atoms with Crippen molar-refractivity contribution in [3.05, 3.63) is 64.1 Å². The van der Waals surface area contributed by atoms with Crippen molar-refractivity contribution in [1.82, 2.24) is 10.9 Å². The zero-order valence-corrected chi connectivity index (χ0v) is 14.1. The minimum atomic E-state index is -1.03. The average Bonchev–Trinajstić information content (AvgIpc) is 2.52. The molecule has 2 rings (SSSR count). The standard InChI is InChI=1S/C16H13BrF2N2O3/c1-9(24-12-4-2-3-10(17)7-12)15(22)20-21-16(23)13-6-5-11(18)8-14(13)19/h2-9H,1H3,(H,20,22)(H,21,23). The molecule has 0 aromatic heterocycles. The zero-order chi connectivity index (χ0) is 17.7. The predicted octanol–water partition coefficient (Wildman–Crippen LogP) is 2.96. The topological polar surface area (TPSA) is 67.4 Å². The maximum atomic E-state index is 13.5. The van der Waals surface area contributed by atoms with Gasteiger partial charge in [-0.3, -0.25) is 20.4 Å². The van der Waals surface area contributed by atoms with Crippen LogP contribution in [-0.2, 0) is 4.79 Å². The Balaban J connectivity index is 1.91. The minimum Gasteiger partial charge on any atom is -0.481 e. The molecule has 2 N–H and O–H groups in total. The van der Waals surface area contributed by atoms with Gasteiger partial charge in [-0.15, -0.1) is 0 Å². The van der Waals surface area contributed by atoms with Crippen molar-refractivity contribution in [3.63, 3.8) is 0 Å². The molecule has 0 aliphatic rings. The Labute approximate surface area is 145 Å². The number of carbonyl (C=O) groups is 2. The number of benzene rings is 2. The Morgan fingerprint density at radius 3 is 2.54 bits per heavy atom. The van der Waals surface area contributed by atoms with Gasteiger partial charge in [-0.05, 0) is 37.3 Å². The lowest BCUT2D eigenvalue weighted by Crippen LogP contribution is -2.47. The van der Waals surface area contributed by atoms with Gasteiger partial charge in [-0.1, -0.05) is 22.0 Å². The number of carbonyl (C=O) groups excluding carboxylic acids is 2.